The van der Waals surface area contributed by atoms with E-state index in [-0.39, 0.29) is 18.6 Å². The predicted molar refractivity (Wildman–Crippen MR) is 102 cm³/mol. The van der Waals surface area contributed by atoms with Gasteiger partial charge in [0.05, 0.1) is 18.9 Å². The average Bonchev–Trinajstić information content (AvgIpc) is 3.38. The van der Waals surface area contributed by atoms with E-state index in [0.717, 1.165) is 25.0 Å². The molecule has 1 aromatic heterocycles. The molecule has 0 spiro atoms. The minimum Gasteiger partial charge on any atom is -0.454 e. The minimum absolute atomic E-state index is 0.140. The third kappa shape index (κ3) is 3.31. The molecule has 2 amide bonds. The first-order valence-electron chi connectivity index (χ1n) is 9.88. The maximum absolute atomic E-state index is 13.0. The third-order valence-corrected chi connectivity index (χ3v) is 5.45. The Balaban J connectivity index is 1.42. The monoisotopic (exact) mass is 398 g/mol. The van der Waals surface area contributed by atoms with Gasteiger partial charge in [0.2, 0.25) is 6.79 Å². The van der Waals surface area contributed by atoms with Crippen LogP contribution >= 0.6 is 0 Å². The molecule has 0 atom stereocenters. The van der Waals surface area contributed by atoms with Crippen LogP contribution in [0, 0.1) is 0 Å². The molecule has 5 rings (SSSR count). The number of imidazole rings is 1. The number of fused-ring (bicyclic) bond motifs is 2. The van der Waals surface area contributed by atoms with Crippen LogP contribution < -0.4 is 14.8 Å². The number of carbonyl (C=O) groups is 2. The quantitative estimate of drug-likeness (QED) is 0.845. The molecule has 3 aliphatic heterocycles. The van der Waals surface area contributed by atoms with E-state index >= 15 is 0 Å². The zero-order valence-corrected chi connectivity index (χ0v) is 16.0. The highest BCUT2D eigenvalue weighted by molar-refractivity contribution is 6.05. The summed E-state index contributed by atoms with van der Waals surface area (Å²) in [7, 11) is 0. The molecular weight excluding hydrogens is 376 g/mol. The minimum atomic E-state index is -0.324. The lowest BCUT2D eigenvalue weighted by Gasteiger charge is -2.27. The number of nitrogens with zero attached hydrogens (tertiary/aromatic N) is 3. The van der Waals surface area contributed by atoms with Crippen LogP contribution in [0.2, 0.25) is 0 Å². The van der Waals surface area contributed by atoms with Crippen LogP contribution in [0.3, 0.4) is 0 Å². The largest absolute Gasteiger partial charge is 0.454 e. The van der Waals surface area contributed by atoms with Crippen LogP contribution in [0.4, 0.5) is 5.69 Å². The van der Waals surface area contributed by atoms with Crippen LogP contribution in [0.15, 0.2) is 18.2 Å². The second kappa shape index (κ2) is 7.40. The number of rotatable bonds is 3. The Morgan fingerprint density at radius 3 is 2.72 bits per heavy atom. The Morgan fingerprint density at radius 1 is 1.03 bits per heavy atom. The highest BCUT2D eigenvalue weighted by Crippen LogP contribution is 2.34. The zero-order valence-electron chi connectivity index (χ0n) is 16.0. The van der Waals surface area contributed by atoms with Gasteiger partial charge in [0.15, 0.2) is 23.0 Å². The summed E-state index contributed by atoms with van der Waals surface area (Å²) in [5.41, 5.74) is 1.74. The van der Waals surface area contributed by atoms with E-state index < -0.39 is 0 Å². The highest BCUT2D eigenvalue weighted by atomic mass is 16.7. The summed E-state index contributed by atoms with van der Waals surface area (Å²) in [5.74, 6) is 1.13. The van der Waals surface area contributed by atoms with Crippen LogP contribution in [-0.4, -0.2) is 59.4 Å². The Bertz CT molecular complexity index is 964. The second-order valence-corrected chi connectivity index (χ2v) is 7.27. The molecule has 1 fully saturated rings. The first kappa shape index (κ1) is 18.0. The van der Waals surface area contributed by atoms with Gasteiger partial charge in [-0.25, -0.2) is 4.98 Å². The lowest BCUT2D eigenvalue weighted by molar-refractivity contribution is 0.0291. The topological polar surface area (TPSA) is 94.9 Å². The Hall–Kier alpha value is -3.07. The van der Waals surface area contributed by atoms with Crippen molar-refractivity contribution in [3.8, 4) is 11.5 Å². The van der Waals surface area contributed by atoms with Gasteiger partial charge in [-0.05, 0) is 31.4 Å². The van der Waals surface area contributed by atoms with Gasteiger partial charge in [-0.2, -0.15) is 0 Å². The van der Waals surface area contributed by atoms with Gasteiger partial charge in [0, 0.05) is 31.4 Å². The molecule has 9 nitrogen and oxygen atoms in total. The van der Waals surface area contributed by atoms with Crippen molar-refractivity contribution in [2.75, 3.05) is 38.4 Å². The molecule has 2 aromatic rings. The summed E-state index contributed by atoms with van der Waals surface area (Å²) >= 11 is 0. The fourth-order valence-electron chi connectivity index (χ4n) is 3.96. The maximum atomic E-state index is 13.0. The van der Waals surface area contributed by atoms with Crippen molar-refractivity contribution >= 4 is 17.5 Å². The van der Waals surface area contributed by atoms with E-state index in [1.165, 1.54) is 0 Å². The van der Waals surface area contributed by atoms with E-state index in [0.29, 0.717) is 61.6 Å². The summed E-state index contributed by atoms with van der Waals surface area (Å²) in [5, 5.41) is 2.87. The van der Waals surface area contributed by atoms with E-state index in [1.807, 2.05) is 4.57 Å². The van der Waals surface area contributed by atoms with Crippen molar-refractivity contribution in [2.45, 2.75) is 25.8 Å². The van der Waals surface area contributed by atoms with Gasteiger partial charge in [-0.15, -0.1) is 0 Å². The van der Waals surface area contributed by atoms with Crippen molar-refractivity contribution in [3.63, 3.8) is 0 Å². The fraction of sp³-hybridized carbons (Fsp3) is 0.450. The second-order valence-electron chi connectivity index (χ2n) is 7.27. The summed E-state index contributed by atoms with van der Waals surface area (Å²) in [6.07, 6.45) is 2.67. The molecule has 1 N–H and O–H groups in total. The van der Waals surface area contributed by atoms with Crippen molar-refractivity contribution in [1.29, 1.82) is 0 Å². The molecule has 0 radical (unpaired) electrons. The van der Waals surface area contributed by atoms with Gasteiger partial charge >= 0.3 is 0 Å². The Morgan fingerprint density at radius 2 is 1.86 bits per heavy atom. The fourth-order valence-corrected chi connectivity index (χ4v) is 3.96. The summed E-state index contributed by atoms with van der Waals surface area (Å²) in [6, 6.07) is 5.24. The van der Waals surface area contributed by atoms with Crippen molar-refractivity contribution in [2.24, 2.45) is 0 Å². The summed E-state index contributed by atoms with van der Waals surface area (Å²) in [6.45, 7) is 3.01. The standard InChI is InChI=1S/C20H22N4O5/c25-19(21-13-4-5-15-16(11-13)29-12-28-15)17-14-3-1-2-6-24(14)18(22-17)20(26)23-7-9-27-10-8-23/h4-5,11H,1-3,6-10,12H2,(H,21,25). The molecule has 1 saturated heterocycles. The maximum Gasteiger partial charge on any atom is 0.290 e. The lowest BCUT2D eigenvalue weighted by atomic mass is 10.1. The van der Waals surface area contributed by atoms with Gasteiger partial charge in [0.1, 0.15) is 0 Å². The number of aromatic nitrogens is 2. The van der Waals surface area contributed by atoms with Crippen LogP contribution in [0.25, 0.3) is 0 Å². The van der Waals surface area contributed by atoms with Crippen LogP contribution in [-0.2, 0) is 17.7 Å². The smallest absolute Gasteiger partial charge is 0.290 e. The Kier molecular flexibility index (Phi) is 4.59. The molecule has 4 heterocycles. The molecule has 3 aliphatic rings. The van der Waals surface area contributed by atoms with E-state index in [9.17, 15) is 9.59 Å². The van der Waals surface area contributed by atoms with Gasteiger partial charge < -0.3 is 29.0 Å². The number of hydrogen-bond donors (Lipinski definition) is 1. The van der Waals surface area contributed by atoms with Crippen molar-refractivity contribution < 1.29 is 23.8 Å². The van der Waals surface area contributed by atoms with E-state index in [4.69, 9.17) is 14.2 Å². The summed E-state index contributed by atoms with van der Waals surface area (Å²) in [4.78, 5) is 32.3. The normalized spacial score (nSPS) is 17.7. The molecule has 152 valence electrons. The number of ether oxygens (including phenoxy) is 3. The van der Waals surface area contributed by atoms with Gasteiger partial charge in [0.25, 0.3) is 11.8 Å². The highest BCUT2D eigenvalue weighted by Gasteiger charge is 2.30. The molecule has 0 bridgehead atoms. The molecule has 9 heteroatoms. The van der Waals surface area contributed by atoms with Crippen molar-refractivity contribution in [3.05, 3.63) is 35.4 Å². The number of benzene rings is 1. The predicted octanol–water partition coefficient (Wildman–Crippen LogP) is 1.67. The molecule has 29 heavy (non-hydrogen) atoms. The lowest BCUT2D eigenvalue weighted by Crippen LogP contribution is -2.42. The van der Waals surface area contributed by atoms with Gasteiger partial charge in [-0.1, -0.05) is 0 Å². The zero-order chi connectivity index (χ0) is 19.8. The van der Waals surface area contributed by atoms with Crippen LogP contribution in [0.5, 0.6) is 11.5 Å². The molecule has 0 unspecified atom stereocenters. The number of nitrogens with one attached hydrogen (secondary N) is 1. The number of morpholine rings is 1. The first-order chi connectivity index (χ1) is 14.2. The van der Waals surface area contributed by atoms with Crippen molar-refractivity contribution in [1.82, 2.24) is 14.5 Å². The number of anilines is 1. The Labute approximate surface area is 167 Å². The average molecular weight is 398 g/mol. The first-order valence-corrected chi connectivity index (χ1v) is 9.88. The number of amides is 2. The summed E-state index contributed by atoms with van der Waals surface area (Å²) < 4.78 is 17.9. The molecule has 0 saturated carbocycles. The van der Waals surface area contributed by atoms with E-state index in [2.05, 4.69) is 10.3 Å². The van der Waals surface area contributed by atoms with Crippen LogP contribution in [0.1, 0.15) is 39.6 Å². The molecular formula is C20H22N4O5. The van der Waals surface area contributed by atoms with Gasteiger partial charge in [-0.3, -0.25) is 9.59 Å². The SMILES string of the molecule is O=C(Nc1ccc2c(c1)OCO2)c1nc(C(=O)N2CCOCC2)n2c1CCCC2. The number of carbonyl (C=O) groups excluding carboxylic acids is 2. The molecule has 0 aliphatic carbocycles. The third-order valence-electron chi connectivity index (χ3n) is 5.45. The number of hydrogen-bond acceptors (Lipinski definition) is 6. The van der Waals surface area contributed by atoms with E-state index in [1.54, 1.807) is 23.1 Å². The molecule has 1 aromatic carbocycles.